The third-order valence-corrected chi connectivity index (χ3v) is 4.02. The molecule has 122 valence electrons. The minimum Gasteiger partial charge on any atom is -0.488 e. The summed E-state index contributed by atoms with van der Waals surface area (Å²) in [6.45, 7) is 1.04. The fourth-order valence-electron chi connectivity index (χ4n) is 2.85. The lowest BCUT2D eigenvalue weighted by molar-refractivity contribution is -0.128. The van der Waals surface area contributed by atoms with Crippen molar-refractivity contribution in [2.45, 2.75) is 31.7 Å². The summed E-state index contributed by atoms with van der Waals surface area (Å²) in [5, 5.41) is 2.74. The summed E-state index contributed by atoms with van der Waals surface area (Å²) in [4.78, 5) is 26.3. The van der Waals surface area contributed by atoms with Crippen LogP contribution in [-0.4, -0.2) is 31.0 Å². The number of nitrogens with one attached hydrogen (secondary N) is 1. The maximum absolute atomic E-state index is 13.4. The standard InChI is InChI=1S/C17H19FN2O3/c18-12-5-3-6-13(11-12)20-9-4-7-14(17(20)22)19-16(21)15-8-1-2-10-23-15/h3,5-6,8,11,14H,1-2,4,7,9-10H2,(H,19,21)/t14-/m1/s1. The van der Waals surface area contributed by atoms with Gasteiger partial charge in [-0.3, -0.25) is 9.59 Å². The maximum atomic E-state index is 13.4. The normalized spacial score (nSPS) is 21.4. The Kier molecular flexibility index (Phi) is 4.60. The smallest absolute Gasteiger partial charge is 0.286 e. The van der Waals surface area contributed by atoms with E-state index < -0.39 is 6.04 Å². The van der Waals surface area contributed by atoms with E-state index in [2.05, 4.69) is 5.32 Å². The Hall–Kier alpha value is -2.37. The van der Waals surface area contributed by atoms with Crippen LogP contribution in [0.25, 0.3) is 0 Å². The van der Waals surface area contributed by atoms with Gasteiger partial charge in [-0.1, -0.05) is 6.07 Å². The van der Waals surface area contributed by atoms with Gasteiger partial charge >= 0.3 is 0 Å². The highest BCUT2D eigenvalue weighted by molar-refractivity contribution is 6.02. The largest absolute Gasteiger partial charge is 0.488 e. The first-order valence-corrected chi connectivity index (χ1v) is 7.86. The van der Waals surface area contributed by atoms with Gasteiger partial charge in [0.25, 0.3) is 5.91 Å². The molecule has 0 aromatic heterocycles. The van der Waals surface area contributed by atoms with Gasteiger partial charge in [-0.15, -0.1) is 0 Å². The number of halogens is 1. The number of amides is 2. The second kappa shape index (κ2) is 6.81. The second-order valence-corrected chi connectivity index (χ2v) is 5.70. The molecule has 0 bridgehead atoms. The van der Waals surface area contributed by atoms with Crippen LogP contribution in [0.4, 0.5) is 10.1 Å². The van der Waals surface area contributed by atoms with Crippen LogP contribution in [-0.2, 0) is 14.3 Å². The minimum absolute atomic E-state index is 0.216. The van der Waals surface area contributed by atoms with Gasteiger partial charge in [-0.05, 0) is 50.0 Å². The van der Waals surface area contributed by atoms with E-state index in [1.54, 1.807) is 18.2 Å². The number of piperidine rings is 1. The molecule has 2 aliphatic heterocycles. The van der Waals surface area contributed by atoms with Crippen LogP contribution in [0.1, 0.15) is 25.7 Å². The Morgan fingerprint density at radius 1 is 1.35 bits per heavy atom. The van der Waals surface area contributed by atoms with Crippen molar-refractivity contribution in [2.75, 3.05) is 18.1 Å². The SMILES string of the molecule is O=C(N[C@@H]1CCCN(c2cccc(F)c2)C1=O)C1=CCCCO1. The van der Waals surface area contributed by atoms with Crippen molar-refractivity contribution in [3.63, 3.8) is 0 Å². The van der Waals surface area contributed by atoms with Crippen LogP contribution in [0, 0.1) is 5.82 Å². The molecular formula is C17H19FN2O3. The zero-order valence-electron chi connectivity index (χ0n) is 12.8. The molecule has 5 nitrogen and oxygen atoms in total. The average molecular weight is 318 g/mol. The summed E-state index contributed by atoms with van der Waals surface area (Å²) in [7, 11) is 0. The van der Waals surface area contributed by atoms with E-state index in [-0.39, 0.29) is 23.4 Å². The number of allylic oxidation sites excluding steroid dienone is 1. The molecule has 6 heteroatoms. The van der Waals surface area contributed by atoms with Crippen molar-refractivity contribution in [3.05, 3.63) is 41.9 Å². The van der Waals surface area contributed by atoms with Crippen LogP contribution < -0.4 is 10.2 Å². The molecule has 0 unspecified atom stereocenters. The zero-order valence-corrected chi connectivity index (χ0v) is 12.8. The summed E-state index contributed by atoms with van der Waals surface area (Å²) in [5.41, 5.74) is 0.516. The number of hydrogen-bond acceptors (Lipinski definition) is 3. The van der Waals surface area contributed by atoms with Gasteiger partial charge in [0.1, 0.15) is 11.9 Å². The first-order chi connectivity index (χ1) is 11.1. The number of benzene rings is 1. The number of carbonyl (C=O) groups is 2. The van der Waals surface area contributed by atoms with Crippen LogP contribution in [0.3, 0.4) is 0 Å². The predicted octanol–water partition coefficient (Wildman–Crippen LogP) is 2.13. The van der Waals surface area contributed by atoms with Crippen molar-refractivity contribution in [2.24, 2.45) is 0 Å². The van der Waals surface area contributed by atoms with Gasteiger partial charge in [0.05, 0.1) is 6.61 Å². The minimum atomic E-state index is -0.606. The van der Waals surface area contributed by atoms with E-state index in [0.717, 1.165) is 19.3 Å². The summed E-state index contributed by atoms with van der Waals surface area (Å²) in [5.74, 6) is -0.676. The van der Waals surface area contributed by atoms with Gasteiger partial charge < -0.3 is 15.0 Å². The summed E-state index contributed by atoms with van der Waals surface area (Å²) in [6, 6.07) is 5.32. The highest BCUT2D eigenvalue weighted by Crippen LogP contribution is 2.22. The molecule has 0 saturated carbocycles. The van der Waals surface area contributed by atoms with Gasteiger partial charge in [0.15, 0.2) is 5.76 Å². The molecule has 2 aliphatic rings. The Morgan fingerprint density at radius 3 is 2.96 bits per heavy atom. The van der Waals surface area contributed by atoms with E-state index in [0.29, 0.717) is 25.3 Å². The lowest BCUT2D eigenvalue weighted by Crippen LogP contribution is -2.53. The topological polar surface area (TPSA) is 58.6 Å². The molecule has 1 aromatic rings. The van der Waals surface area contributed by atoms with Crippen LogP contribution >= 0.6 is 0 Å². The number of carbonyl (C=O) groups excluding carboxylic acids is 2. The number of hydrogen-bond donors (Lipinski definition) is 1. The van der Waals surface area contributed by atoms with Gasteiger partial charge in [-0.25, -0.2) is 4.39 Å². The van der Waals surface area contributed by atoms with E-state index >= 15 is 0 Å². The summed E-state index contributed by atoms with van der Waals surface area (Å²) in [6.07, 6.45) is 4.76. The Bertz CT molecular complexity index is 644. The monoisotopic (exact) mass is 318 g/mol. The third kappa shape index (κ3) is 3.52. The quantitative estimate of drug-likeness (QED) is 0.929. The van der Waals surface area contributed by atoms with Crippen LogP contribution in [0.5, 0.6) is 0 Å². The fraction of sp³-hybridized carbons (Fsp3) is 0.412. The Labute approximate surface area is 134 Å². The first kappa shape index (κ1) is 15.5. The van der Waals surface area contributed by atoms with Crippen molar-refractivity contribution in [1.29, 1.82) is 0 Å². The van der Waals surface area contributed by atoms with Gasteiger partial charge in [0, 0.05) is 12.2 Å². The molecule has 0 radical (unpaired) electrons. The molecule has 1 aromatic carbocycles. The number of rotatable bonds is 3. The van der Waals surface area contributed by atoms with E-state index in [1.165, 1.54) is 17.0 Å². The summed E-state index contributed by atoms with van der Waals surface area (Å²) >= 11 is 0. The highest BCUT2D eigenvalue weighted by atomic mass is 19.1. The molecule has 23 heavy (non-hydrogen) atoms. The summed E-state index contributed by atoms with van der Waals surface area (Å²) < 4.78 is 18.7. The van der Waals surface area contributed by atoms with Crippen molar-refractivity contribution >= 4 is 17.5 Å². The first-order valence-electron chi connectivity index (χ1n) is 7.86. The van der Waals surface area contributed by atoms with Crippen LogP contribution in [0.15, 0.2) is 36.1 Å². The Balaban J connectivity index is 1.70. The fourth-order valence-corrected chi connectivity index (χ4v) is 2.85. The average Bonchev–Trinajstić information content (AvgIpc) is 2.57. The molecule has 1 fully saturated rings. The molecule has 2 amide bonds. The molecule has 1 saturated heterocycles. The van der Waals surface area contributed by atoms with E-state index in [9.17, 15) is 14.0 Å². The second-order valence-electron chi connectivity index (χ2n) is 5.70. The van der Waals surface area contributed by atoms with Gasteiger partial charge in [0.2, 0.25) is 5.91 Å². The molecule has 1 atom stereocenters. The predicted molar refractivity (Wildman–Crippen MR) is 83.2 cm³/mol. The Morgan fingerprint density at radius 2 is 2.22 bits per heavy atom. The third-order valence-electron chi connectivity index (χ3n) is 4.02. The highest BCUT2D eigenvalue weighted by Gasteiger charge is 2.32. The molecule has 0 aliphatic carbocycles. The molecule has 1 N–H and O–H groups in total. The maximum Gasteiger partial charge on any atom is 0.286 e. The molecule has 2 heterocycles. The molecular weight excluding hydrogens is 299 g/mol. The van der Waals surface area contributed by atoms with E-state index in [1.807, 2.05) is 0 Å². The lowest BCUT2D eigenvalue weighted by Gasteiger charge is -2.33. The number of nitrogens with zero attached hydrogens (tertiary/aromatic N) is 1. The number of ether oxygens (including phenoxy) is 1. The van der Waals surface area contributed by atoms with Crippen molar-refractivity contribution in [3.8, 4) is 0 Å². The zero-order chi connectivity index (χ0) is 16.2. The van der Waals surface area contributed by atoms with Gasteiger partial charge in [-0.2, -0.15) is 0 Å². The number of anilines is 1. The molecule has 3 rings (SSSR count). The lowest BCUT2D eigenvalue weighted by atomic mass is 10.0. The molecule has 0 spiro atoms. The van der Waals surface area contributed by atoms with E-state index in [4.69, 9.17) is 4.74 Å². The van der Waals surface area contributed by atoms with Crippen molar-refractivity contribution in [1.82, 2.24) is 5.32 Å². The van der Waals surface area contributed by atoms with Crippen LogP contribution in [0.2, 0.25) is 0 Å². The van der Waals surface area contributed by atoms with Crippen molar-refractivity contribution < 1.29 is 18.7 Å².